The molecule has 0 saturated carbocycles. The predicted octanol–water partition coefficient (Wildman–Crippen LogP) is 2.80. The molecule has 4 rings (SSSR count). The van der Waals surface area contributed by atoms with Gasteiger partial charge < -0.3 is 14.8 Å². The van der Waals surface area contributed by atoms with E-state index in [1.165, 1.54) is 4.90 Å². The van der Waals surface area contributed by atoms with Gasteiger partial charge in [-0.3, -0.25) is 19.4 Å². The number of hydrogen-bond acceptors (Lipinski definition) is 5. The van der Waals surface area contributed by atoms with Crippen molar-refractivity contribution in [1.82, 2.24) is 10.2 Å². The van der Waals surface area contributed by atoms with Crippen molar-refractivity contribution in [1.29, 1.82) is 0 Å². The third kappa shape index (κ3) is 4.05. The Kier molecular flexibility index (Phi) is 5.54. The number of imide groups is 1. The first kappa shape index (κ1) is 20.7. The highest BCUT2D eigenvalue weighted by atomic mass is 16.6. The van der Waals surface area contributed by atoms with Crippen molar-refractivity contribution in [2.45, 2.75) is 32.9 Å². The maximum absolute atomic E-state index is 12.9. The van der Waals surface area contributed by atoms with Crippen molar-refractivity contribution >= 4 is 23.5 Å². The molecular formula is C23H25N3O5. The number of aryl methyl sites for hydroxylation is 1. The van der Waals surface area contributed by atoms with E-state index in [1.54, 1.807) is 25.1 Å². The summed E-state index contributed by atoms with van der Waals surface area (Å²) in [7, 11) is 0. The van der Waals surface area contributed by atoms with Gasteiger partial charge in [-0.2, -0.15) is 0 Å². The number of urea groups is 1. The minimum atomic E-state index is -0.668. The number of fused-ring (bicyclic) bond motifs is 1. The number of nitrogens with one attached hydrogen (secondary N) is 1. The minimum absolute atomic E-state index is 0.332. The Morgan fingerprint density at radius 3 is 2.48 bits per heavy atom. The van der Waals surface area contributed by atoms with Gasteiger partial charge in [0.05, 0.1) is 6.04 Å². The van der Waals surface area contributed by atoms with Gasteiger partial charge in [0.2, 0.25) is 5.91 Å². The van der Waals surface area contributed by atoms with Crippen LogP contribution in [0, 0.1) is 6.92 Å². The van der Waals surface area contributed by atoms with Crippen LogP contribution in [0.3, 0.4) is 0 Å². The molecule has 1 saturated heterocycles. The zero-order chi connectivity index (χ0) is 22.1. The van der Waals surface area contributed by atoms with Crippen molar-refractivity contribution in [3.05, 3.63) is 53.6 Å². The molecule has 2 heterocycles. The van der Waals surface area contributed by atoms with E-state index in [9.17, 15) is 14.4 Å². The summed E-state index contributed by atoms with van der Waals surface area (Å²) in [6.45, 7) is 6.09. The summed E-state index contributed by atoms with van der Waals surface area (Å²) in [4.78, 5) is 40.6. The number of rotatable bonds is 5. The van der Waals surface area contributed by atoms with Crippen LogP contribution in [0.4, 0.5) is 10.5 Å². The van der Waals surface area contributed by atoms with Crippen LogP contribution in [0.15, 0.2) is 42.5 Å². The molecule has 0 aliphatic carbocycles. The molecule has 2 aliphatic heterocycles. The van der Waals surface area contributed by atoms with E-state index in [2.05, 4.69) is 5.32 Å². The Labute approximate surface area is 180 Å². The summed E-state index contributed by atoms with van der Waals surface area (Å²) < 4.78 is 11.1. The molecule has 162 valence electrons. The first-order valence-corrected chi connectivity index (χ1v) is 10.3. The number of carbonyl (C=O) groups is 3. The summed E-state index contributed by atoms with van der Waals surface area (Å²) in [6.07, 6.45) is 0. The van der Waals surface area contributed by atoms with Crippen LogP contribution in [-0.2, 0) is 9.59 Å². The molecule has 2 atom stereocenters. The Morgan fingerprint density at radius 2 is 1.77 bits per heavy atom. The van der Waals surface area contributed by atoms with E-state index < -0.39 is 23.9 Å². The van der Waals surface area contributed by atoms with Crippen LogP contribution in [0.2, 0.25) is 0 Å². The topological polar surface area (TPSA) is 88.2 Å². The van der Waals surface area contributed by atoms with Crippen molar-refractivity contribution < 1.29 is 23.9 Å². The zero-order valence-corrected chi connectivity index (χ0v) is 17.8. The van der Waals surface area contributed by atoms with Gasteiger partial charge in [0.15, 0.2) is 11.5 Å². The molecular weight excluding hydrogens is 398 g/mol. The number of benzene rings is 2. The highest BCUT2D eigenvalue weighted by Crippen LogP contribution is 2.32. The fraction of sp³-hybridized carbons (Fsp3) is 0.348. The number of nitrogens with zero attached hydrogens (tertiary/aromatic N) is 2. The maximum Gasteiger partial charge on any atom is 0.332 e. The van der Waals surface area contributed by atoms with E-state index >= 15 is 0 Å². The quantitative estimate of drug-likeness (QED) is 0.747. The largest absolute Gasteiger partial charge is 0.486 e. The van der Waals surface area contributed by atoms with E-state index in [-0.39, 0.29) is 12.6 Å². The molecule has 2 aromatic rings. The first-order chi connectivity index (χ1) is 14.8. The van der Waals surface area contributed by atoms with Gasteiger partial charge in [0.25, 0.3) is 5.91 Å². The minimum Gasteiger partial charge on any atom is -0.486 e. The van der Waals surface area contributed by atoms with E-state index in [4.69, 9.17) is 9.47 Å². The second kappa shape index (κ2) is 8.29. The molecule has 0 bridgehead atoms. The summed E-state index contributed by atoms with van der Waals surface area (Å²) in [5.74, 6) is 0.499. The lowest BCUT2D eigenvalue weighted by molar-refractivity contribution is -0.132. The fourth-order valence-electron chi connectivity index (χ4n) is 3.75. The normalized spacial score (nSPS) is 18.9. The number of amides is 4. The summed E-state index contributed by atoms with van der Waals surface area (Å²) in [6, 6.07) is 11.3. The molecule has 2 aromatic carbocycles. The lowest BCUT2D eigenvalue weighted by Crippen LogP contribution is -2.42. The average Bonchev–Trinajstić information content (AvgIpc) is 2.97. The van der Waals surface area contributed by atoms with Gasteiger partial charge in [0.1, 0.15) is 25.8 Å². The predicted molar refractivity (Wildman–Crippen MR) is 114 cm³/mol. The first-order valence-electron chi connectivity index (χ1n) is 10.3. The Morgan fingerprint density at radius 1 is 1.10 bits per heavy atom. The summed E-state index contributed by atoms with van der Waals surface area (Å²) in [5.41, 5.74) is 2.52. The van der Waals surface area contributed by atoms with Crippen molar-refractivity contribution in [2.24, 2.45) is 0 Å². The van der Waals surface area contributed by atoms with Crippen LogP contribution in [-0.4, -0.2) is 48.5 Å². The van der Waals surface area contributed by atoms with Crippen LogP contribution >= 0.6 is 0 Å². The van der Waals surface area contributed by atoms with Crippen LogP contribution in [0.1, 0.15) is 31.0 Å². The molecule has 1 fully saturated rings. The average molecular weight is 423 g/mol. The van der Waals surface area contributed by atoms with E-state index in [0.29, 0.717) is 30.4 Å². The van der Waals surface area contributed by atoms with Crippen molar-refractivity contribution in [3.8, 4) is 11.5 Å². The van der Waals surface area contributed by atoms with Crippen molar-refractivity contribution in [2.75, 3.05) is 24.7 Å². The van der Waals surface area contributed by atoms with Crippen molar-refractivity contribution in [3.63, 3.8) is 0 Å². The molecule has 8 nitrogen and oxygen atoms in total. The molecule has 1 N–H and O–H groups in total. The Balaban J connectivity index is 1.42. The van der Waals surface area contributed by atoms with Gasteiger partial charge in [-0.1, -0.05) is 23.8 Å². The lowest BCUT2D eigenvalue weighted by atomic mass is 10.1. The zero-order valence-electron chi connectivity index (χ0n) is 17.8. The van der Waals surface area contributed by atoms with Gasteiger partial charge in [0, 0.05) is 5.69 Å². The lowest BCUT2D eigenvalue weighted by Gasteiger charge is -2.22. The van der Waals surface area contributed by atoms with Gasteiger partial charge in [-0.25, -0.2) is 4.79 Å². The number of hydrogen-bond donors (Lipinski definition) is 1. The number of ether oxygens (including phenoxy) is 2. The standard InChI is InChI=1S/C23H25N3O5/c1-14-4-7-18(8-5-14)26-16(3)22(28)25(23(26)29)13-21(27)24-15(2)17-6-9-19-20(12-17)31-11-10-30-19/h4-9,12,15-16H,10-11,13H2,1-3H3,(H,24,27). The second-order valence-electron chi connectivity index (χ2n) is 7.78. The monoisotopic (exact) mass is 423 g/mol. The number of carbonyl (C=O) groups excluding carboxylic acids is 3. The molecule has 0 aromatic heterocycles. The van der Waals surface area contributed by atoms with E-state index in [1.807, 2.05) is 38.1 Å². The summed E-state index contributed by atoms with van der Waals surface area (Å²) >= 11 is 0. The third-order valence-electron chi connectivity index (χ3n) is 5.51. The molecule has 0 spiro atoms. The summed E-state index contributed by atoms with van der Waals surface area (Å²) in [5, 5.41) is 2.85. The smallest absolute Gasteiger partial charge is 0.332 e. The third-order valence-corrected chi connectivity index (χ3v) is 5.51. The SMILES string of the molecule is Cc1ccc(N2C(=O)N(CC(=O)NC(C)c3ccc4c(c3)OCCO4)C(=O)C2C)cc1. The Hall–Kier alpha value is -3.55. The van der Waals surface area contributed by atoms with Crippen LogP contribution in [0.25, 0.3) is 0 Å². The molecule has 8 heteroatoms. The van der Waals surface area contributed by atoms with E-state index in [0.717, 1.165) is 16.0 Å². The highest BCUT2D eigenvalue weighted by Gasteiger charge is 2.44. The maximum atomic E-state index is 12.9. The molecule has 4 amide bonds. The fourth-order valence-corrected chi connectivity index (χ4v) is 3.75. The molecule has 2 unspecified atom stereocenters. The molecule has 0 radical (unpaired) electrons. The molecule has 2 aliphatic rings. The van der Waals surface area contributed by atoms with Crippen LogP contribution < -0.4 is 19.7 Å². The van der Waals surface area contributed by atoms with Gasteiger partial charge in [-0.05, 0) is 50.6 Å². The van der Waals surface area contributed by atoms with Gasteiger partial charge in [-0.15, -0.1) is 0 Å². The number of anilines is 1. The molecule has 31 heavy (non-hydrogen) atoms. The Bertz CT molecular complexity index is 1020. The van der Waals surface area contributed by atoms with Crippen LogP contribution in [0.5, 0.6) is 11.5 Å². The van der Waals surface area contributed by atoms with Gasteiger partial charge >= 0.3 is 6.03 Å². The highest BCUT2D eigenvalue weighted by molar-refractivity contribution is 6.15. The second-order valence-corrected chi connectivity index (χ2v) is 7.78.